The molecule has 4 nitrogen and oxygen atoms in total. The van der Waals surface area contributed by atoms with Crippen LogP contribution in [0.15, 0.2) is 18.3 Å². The van der Waals surface area contributed by atoms with Gasteiger partial charge in [0.1, 0.15) is 0 Å². The number of nitrogens with zero attached hydrogens (tertiary/aromatic N) is 1. The van der Waals surface area contributed by atoms with Gasteiger partial charge in [0.05, 0.1) is 12.2 Å². The monoisotopic (exact) mass is 185 g/mol. The third-order valence-corrected chi connectivity index (χ3v) is 1.52. The maximum atomic E-state index is 10.8. The van der Waals surface area contributed by atoms with Gasteiger partial charge in [-0.25, -0.2) is 4.98 Å². The van der Waals surface area contributed by atoms with E-state index in [-0.39, 0.29) is 17.6 Å². The average Bonchev–Trinajstić information content (AvgIpc) is 2.09. The molecule has 0 aliphatic rings. The van der Waals surface area contributed by atoms with Crippen molar-refractivity contribution in [3.8, 4) is 0 Å². The Balaban J connectivity index is 2.75. The van der Waals surface area contributed by atoms with Gasteiger partial charge in [0.25, 0.3) is 0 Å². The molecular weight excluding hydrogens is 178 g/mol. The minimum atomic E-state index is -0.287. The molecule has 1 amide bonds. The Morgan fingerprint density at radius 1 is 1.75 bits per heavy atom. The lowest BCUT2D eigenvalue weighted by molar-refractivity contribution is -0.114. The van der Waals surface area contributed by atoms with E-state index in [0.29, 0.717) is 5.69 Å². The lowest BCUT2D eigenvalue weighted by Gasteiger charge is -2.03. The number of nitrogens with one attached hydrogen (secondary N) is 1. The van der Waals surface area contributed by atoms with E-state index in [1.165, 1.54) is 0 Å². The lowest BCUT2D eigenvalue weighted by atomic mass is 10.4. The third-order valence-electron chi connectivity index (χ3n) is 1.22. The molecule has 1 rings (SSSR count). The lowest BCUT2D eigenvalue weighted by Crippen LogP contribution is -2.22. The minimum Gasteiger partial charge on any atom is -0.322 e. The van der Waals surface area contributed by atoms with E-state index in [0.717, 1.165) is 0 Å². The number of amides is 1. The third kappa shape index (κ3) is 2.18. The summed E-state index contributed by atoms with van der Waals surface area (Å²) in [5.41, 5.74) is 5.58. The largest absolute Gasteiger partial charge is 0.322 e. The van der Waals surface area contributed by atoms with Crippen molar-refractivity contribution in [3.63, 3.8) is 0 Å². The van der Waals surface area contributed by atoms with Gasteiger partial charge in [-0.2, -0.15) is 0 Å². The first-order chi connectivity index (χ1) is 5.74. The van der Waals surface area contributed by atoms with E-state index in [9.17, 15) is 4.79 Å². The second-order valence-electron chi connectivity index (χ2n) is 2.09. The molecule has 64 valence electrons. The first-order valence-corrected chi connectivity index (χ1v) is 3.72. The molecule has 5 heteroatoms. The van der Waals surface area contributed by atoms with Crippen LogP contribution >= 0.6 is 11.6 Å². The molecule has 3 N–H and O–H groups in total. The summed E-state index contributed by atoms with van der Waals surface area (Å²) in [7, 11) is 0. The van der Waals surface area contributed by atoms with Crippen LogP contribution in [0.2, 0.25) is 5.15 Å². The summed E-state index contributed by atoms with van der Waals surface area (Å²) in [6, 6.07) is 3.33. The Morgan fingerprint density at radius 2 is 2.50 bits per heavy atom. The molecule has 0 fully saturated rings. The number of hydrogen-bond acceptors (Lipinski definition) is 3. The van der Waals surface area contributed by atoms with Crippen molar-refractivity contribution in [2.45, 2.75) is 0 Å². The van der Waals surface area contributed by atoms with Gasteiger partial charge in [-0.1, -0.05) is 11.6 Å². The van der Waals surface area contributed by atoms with Crippen LogP contribution in [0.5, 0.6) is 0 Å². The zero-order valence-corrected chi connectivity index (χ0v) is 7.01. The molecule has 1 heterocycles. The molecule has 12 heavy (non-hydrogen) atoms. The van der Waals surface area contributed by atoms with E-state index in [1.807, 2.05) is 0 Å². The molecular formula is C7H8ClN3O. The molecule has 0 atom stereocenters. The van der Waals surface area contributed by atoms with Gasteiger partial charge in [-0.15, -0.1) is 0 Å². The van der Waals surface area contributed by atoms with Crippen LogP contribution in [0.1, 0.15) is 0 Å². The van der Waals surface area contributed by atoms with E-state index in [2.05, 4.69) is 10.3 Å². The molecule has 0 aliphatic heterocycles. The van der Waals surface area contributed by atoms with Crippen LogP contribution < -0.4 is 11.1 Å². The number of carbonyl (C=O) groups excluding carboxylic acids is 1. The first kappa shape index (κ1) is 8.96. The van der Waals surface area contributed by atoms with Gasteiger partial charge in [0, 0.05) is 6.20 Å². The Hall–Kier alpha value is -1.13. The highest BCUT2D eigenvalue weighted by Gasteiger charge is 2.02. The topological polar surface area (TPSA) is 68.0 Å². The van der Waals surface area contributed by atoms with Crippen molar-refractivity contribution in [2.24, 2.45) is 5.73 Å². The highest BCUT2D eigenvalue weighted by Crippen LogP contribution is 2.16. The Labute approximate surface area is 74.7 Å². The number of aromatic nitrogens is 1. The van der Waals surface area contributed by atoms with Gasteiger partial charge in [-0.05, 0) is 12.1 Å². The van der Waals surface area contributed by atoms with Crippen LogP contribution in [0.25, 0.3) is 0 Å². The molecule has 0 bridgehead atoms. The summed E-state index contributed by atoms with van der Waals surface area (Å²) in [6.07, 6.45) is 1.54. The Morgan fingerprint density at radius 3 is 3.08 bits per heavy atom. The van der Waals surface area contributed by atoms with Crippen LogP contribution in [0.4, 0.5) is 5.69 Å². The number of nitrogens with two attached hydrogens (primary N) is 1. The summed E-state index contributed by atoms with van der Waals surface area (Å²) < 4.78 is 0. The van der Waals surface area contributed by atoms with Crippen LogP contribution in [-0.4, -0.2) is 17.4 Å². The zero-order chi connectivity index (χ0) is 8.97. The highest BCUT2D eigenvalue weighted by atomic mass is 35.5. The fraction of sp³-hybridized carbons (Fsp3) is 0.143. The fourth-order valence-corrected chi connectivity index (χ4v) is 0.847. The van der Waals surface area contributed by atoms with Crippen molar-refractivity contribution >= 4 is 23.2 Å². The summed E-state index contributed by atoms with van der Waals surface area (Å²) in [5, 5.41) is 2.76. The number of pyridine rings is 1. The molecule has 1 aromatic heterocycles. The second-order valence-corrected chi connectivity index (χ2v) is 2.45. The smallest absolute Gasteiger partial charge is 0.238 e. The molecule has 0 unspecified atom stereocenters. The Bertz CT molecular complexity index is 290. The van der Waals surface area contributed by atoms with Gasteiger partial charge < -0.3 is 11.1 Å². The Kier molecular flexibility index (Phi) is 3.01. The number of halogens is 1. The van der Waals surface area contributed by atoms with Crippen molar-refractivity contribution in [3.05, 3.63) is 23.5 Å². The summed E-state index contributed by atoms with van der Waals surface area (Å²) in [6.45, 7) is -0.0643. The molecule has 0 aromatic carbocycles. The zero-order valence-electron chi connectivity index (χ0n) is 6.25. The number of anilines is 1. The standard InChI is InChI=1S/C7H8ClN3O/c8-7-5(2-1-3-10-7)11-6(12)4-9/h1-3H,4,9H2,(H,11,12). The number of rotatable bonds is 2. The van der Waals surface area contributed by atoms with Crippen molar-refractivity contribution in [1.82, 2.24) is 4.98 Å². The van der Waals surface area contributed by atoms with Crippen molar-refractivity contribution in [1.29, 1.82) is 0 Å². The predicted molar refractivity (Wildman–Crippen MR) is 46.9 cm³/mol. The fourth-order valence-electron chi connectivity index (χ4n) is 0.681. The van der Waals surface area contributed by atoms with Gasteiger partial charge >= 0.3 is 0 Å². The average molecular weight is 186 g/mol. The second kappa shape index (κ2) is 4.04. The summed E-state index contributed by atoms with van der Waals surface area (Å²) in [4.78, 5) is 14.6. The maximum absolute atomic E-state index is 10.8. The SMILES string of the molecule is NCC(=O)Nc1cccnc1Cl. The van der Waals surface area contributed by atoms with E-state index < -0.39 is 0 Å². The molecule has 1 aromatic rings. The molecule has 0 radical (unpaired) electrons. The number of carbonyl (C=O) groups is 1. The van der Waals surface area contributed by atoms with E-state index in [4.69, 9.17) is 17.3 Å². The maximum Gasteiger partial charge on any atom is 0.238 e. The summed E-state index contributed by atoms with van der Waals surface area (Å²) in [5.74, 6) is -0.287. The van der Waals surface area contributed by atoms with Crippen LogP contribution in [0, 0.1) is 0 Å². The molecule has 0 saturated heterocycles. The predicted octanol–water partition coefficient (Wildman–Crippen LogP) is 0.632. The van der Waals surface area contributed by atoms with Crippen molar-refractivity contribution < 1.29 is 4.79 Å². The molecule has 0 aliphatic carbocycles. The van der Waals surface area contributed by atoms with Gasteiger partial charge in [0.2, 0.25) is 5.91 Å². The quantitative estimate of drug-likeness (QED) is 0.665. The number of hydrogen-bond donors (Lipinski definition) is 2. The highest BCUT2D eigenvalue weighted by molar-refractivity contribution is 6.32. The molecule has 0 spiro atoms. The van der Waals surface area contributed by atoms with E-state index >= 15 is 0 Å². The molecule has 0 saturated carbocycles. The first-order valence-electron chi connectivity index (χ1n) is 3.34. The van der Waals surface area contributed by atoms with Crippen LogP contribution in [0.3, 0.4) is 0 Å². The van der Waals surface area contributed by atoms with Gasteiger partial charge in [0.15, 0.2) is 5.15 Å². The van der Waals surface area contributed by atoms with E-state index in [1.54, 1.807) is 18.3 Å². The van der Waals surface area contributed by atoms with Crippen molar-refractivity contribution in [2.75, 3.05) is 11.9 Å². The van der Waals surface area contributed by atoms with Crippen LogP contribution in [-0.2, 0) is 4.79 Å². The summed E-state index contributed by atoms with van der Waals surface area (Å²) >= 11 is 5.66. The van der Waals surface area contributed by atoms with Gasteiger partial charge in [-0.3, -0.25) is 4.79 Å². The normalized spacial score (nSPS) is 9.50. The minimum absolute atomic E-state index is 0.0643.